The number of aryl methyl sites for hydroxylation is 1. The van der Waals surface area contributed by atoms with Crippen molar-refractivity contribution in [2.75, 3.05) is 6.54 Å². The maximum Gasteiger partial charge on any atom is 0.344 e. The third-order valence-electron chi connectivity index (χ3n) is 6.04. The van der Waals surface area contributed by atoms with Gasteiger partial charge in [-0.15, -0.1) is 0 Å². The largest absolute Gasteiger partial charge is 0.344 e. The van der Waals surface area contributed by atoms with Gasteiger partial charge >= 0.3 is 6.03 Å². The summed E-state index contributed by atoms with van der Waals surface area (Å²) in [4.78, 5) is 37.5. The van der Waals surface area contributed by atoms with Crippen LogP contribution in [-0.4, -0.2) is 41.0 Å². The Labute approximate surface area is 172 Å². The molecule has 1 atom stereocenters. The van der Waals surface area contributed by atoms with Gasteiger partial charge in [-0.3, -0.25) is 15.0 Å². The van der Waals surface area contributed by atoms with Gasteiger partial charge in [-0.25, -0.2) is 4.79 Å². The van der Waals surface area contributed by atoms with Crippen LogP contribution in [0.15, 0.2) is 30.3 Å². The number of hydrogen-bond donors (Lipinski definition) is 3. The third kappa shape index (κ3) is 5.79. The second-order valence-corrected chi connectivity index (χ2v) is 8.47. The van der Waals surface area contributed by atoms with Gasteiger partial charge in [-0.05, 0) is 51.0 Å². The van der Waals surface area contributed by atoms with E-state index < -0.39 is 17.5 Å². The zero-order chi connectivity index (χ0) is 20.7. The summed E-state index contributed by atoms with van der Waals surface area (Å²) in [5.74, 6) is -0.722. The highest BCUT2D eigenvalue weighted by Gasteiger charge is 2.48. The molecule has 0 radical (unpaired) electrons. The molecule has 4 N–H and O–H groups in total. The molecule has 1 aromatic carbocycles. The van der Waals surface area contributed by atoms with E-state index in [1.165, 1.54) is 32.1 Å². The third-order valence-corrected chi connectivity index (χ3v) is 6.04. The van der Waals surface area contributed by atoms with Crippen LogP contribution in [0.3, 0.4) is 0 Å². The molecule has 1 heterocycles. The van der Waals surface area contributed by atoms with Gasteiger partial charge in [0.2, 0.25) is 0 Å². The van der Waals surface area contributed by atoms with Gasteiger partial charge in [-0.2, -0.15) is 5.01 Å². The molecule has 1 aliphatic carbocycles. The summed E-state index contributed by atoms with van der Waals surface area (Å²) in [7, 11) is 0. The number of carbonyl (C=O) groups excluding carboxylic acids is 3. The normalized spacial score (nSPS) is 23.4. The van der Waals surface area contributed by atoms with Crippen molar-refractivity contribution in [3.63, 3.8) is 0 Å². The second-order valence-electron chi connectivity index (χ2n) is 8.47. The van der Waals surface area contributed by atoms with Gasteiger partial charge in [-0.1, -0.05) is 49.6 Å². The molecule has 7 heteroatoms. The van der Waals surface area contributed by atoms with E-state index in [0.717, 1.165) is 23.4 Å². The number of imide groups is 1. The van der Waals surface area contributed by atoms with Gasteiger partial charge in [0.05, 0.1) is 6.04 Å². The van der Waals surface area contributed by atoms with E-state index >= 15 is 0 Å². The smallest absolute Gasteiger partial charge is 0.336 e. The van der Waals surface area contributed by atoms with E-state index in [-0.39, 0.29) is 12.5 Å². The Kier molecular flexibility index (Phi) is 7.25. The number of carbonyl (C=O) groups is 3. The molecule has 1 saturated heterocycles. The number of nitrogens with zero attached hydrogens (tertiary/aromatic N) is 1. The number of amides is 4. The van der Waals surface area contributed by atoms with Gasteiger partial charge in [0.1, 0.15) is 5.54 Å². The Morgan fingerprint density at radius 3 is 2.48 bits per heavy atom. The first-order chi connectivity index (χ1) is 14.0. The molecule has 0 unspecified atom stereocenters. The number of quaternary nitrogens is 1. The molecule has 7 nitrogen and oxygen atoms in total. The summed E-state index contributed by atoms with van der Waals surface area (Å²) in [6, 6.07) is 9.71. The molecule has 3 rings (SSSR count). The quantitative estimate of drug-likeness (QED) is 0.606. The molecular weight excluding hydrogens is 368 g/mol. The molecule has 0 spiro atoms. The van der Waals surface area contributed by atoms with Crippen LogP contribution in [0, 0.1) is 0 Å². The molecule has 1 aliphatic heterocycles. The Morgan fingerprint density at radius 1 is 1.14 bits per heavy atom. The lowest BCUT2D eigenvalue weighted by molar-refractivity contribution is -0.681. The number of benzene rings is 1. The van der Waals surface area contributed by atoms with E-state index in [1.807, 2.05) is 35.6 Å². The lowest BCUT2D eigenvalue weighted by Crippen LogP contribution is -2.92. The van der Waals surface area contributed by atoms with E-state index in [4.69, 9.17) is 0 Å². The molecule has 2 fully saturated rings. The molecule has 0 aromatic heterocycles. The summed E-state index contributed by atoms with van der Waals surface area (Å²) >= 11 is 0. The first kappa shape index (κ1) is 21.3. The number of rotatable bonds is 7. The van der Waals surface area contributed by atoms with Crippen molar-refractivity contribution in [2.24, 2.45) is 0 Å². The van der Waals surface area contributed by atoms with E-state index in [2.05, 4.69) is 10.7 Å². The molecule has 1 aromatic rings. The average molecular weight is 402 g/mol. The minimum atomic E-state index is -1.01. The van der Waals surface area contributed by atoms with Gasteiger partial charge in [0.25, 0.3) is 11.8 Å². The summed E-state index contributed by atoms with van der Waals surface area (Å²) in [5.41, 5.74) is 2.59. The van der Waals surface area contributed by atoms with Crippen LogP contribution in [0.1, 0.15) is 63.9 Å². The summed E-state index contributed by atoms with van der Waals surface area (Å²) in [6.45, 7) is 1.94. The van der Waals surface area contributed by atoms with E-state index in [1.54, 1.807) is 6.92 Å². The lowest BCUT2D eigenvalue weighted by Gasteiger charge is -2.22. The Morgan fingerprint density at radius 2 is 1.79 bits per heavy atom. The minimum Gasteiger partial charge on any atom is -0.336 e. The van der Waals surface area contributed by atoms with Crippen molar-refractivity contribution in [2.45, 2.75) is 76.3 Å². The number of urea groups is 1. The predicted molar refractivity (Wildman–Crippen MR) is 110 cm³/mol. The van der Waals surface area contributed by atoms with Crippen LogP contribution in [0.2, 0.25) is 0 Å². The highest BCUT2D eigenvalue weighted by Crippen LogP contribution is 2.22. The van der Waals surface area contributed by atoms with Crippen LogP contribution in [0.5, 0.6) is 0 Å². The summed E-state index contributed by atoms with van der Waals surface area (Å²) in [6.07, 6.45) is 9.62. The van der Waals surface area contributed by atoms with Gasteiger partial charge in [0.15, 0.2) is 6.54 Å². The topological polar surface area (TPSA) is 95.1 Å². The van der Waals surface area contributed by atoms with Gasteiger partial charge in [0, 0.05) is 0 Å². The average Bonchev–Trinajstić information content (AvgIpc) is 2.90. The number of hydrogen-bond acceptors (Lipinski definition) is 3. The molecule has 0 bridgehead atoms. The van der Waals surface area contributed by atoms with Crippen LogP contribution in [0.25, 0.3) is 0 Å². The number of nitrogens with two attached hydrogens (primary N) is 1. The summed E-state index contributed by atoms with van der Waals surface area (Å²) in [5, 5.41) is 5.63. The maximum atomic E-state index is 12.8. The molecule has 4 amide bonds. The standard InChI is InChI=1S/C22H32N4O3/c1-22(15-14-17-10-6-5-7-11-17)20(28)26(21(29)24-22)25-19(27)16-23-18-12-8-3-2-4-9-13-18/h5-7,10-11,18,23H,2-4,8-9,12-16H2,1H3,(H,24,29)(H,25,27)/p+1/t22-/m1/s1. The zero-order valence-electron chi connectivity index (χ0n) is 17.3. The fourth-order valence-electron chi connectivity index (χ4n) is 4.16. The Bertz CT molecular complexity index is 716. The monoisotopic (exact) mass is 401 g/mol. The van der Waals surface area contributed by atoms with Crippen molar-refractivity contribution in [1.82, 2.24) is 15.8 Å². The van der Waals surface area contributed by atoms with Crippen molar-refractivity contribution in [3.05, 3.63) is 35.9 Å². The highest BCUT2D eigenvalue weighted by molar-refractivity contribution is 6.07. The molecule has 2 aliphatic rings. The molecular formula is C22H33N4O3+. The second kappa shape index (κ2) is 9.87. The SMILES string of the molecule is C[C@]1(CCc2ccccc2)NC(=O)N(NC(=O)C[NH2+]C2CCCCCCC2)C1=O. The summed E-state index contributed by atoms with van der Waals surface area (Å²) < 4.78 is 0. The van der Waals surface area contributed by atoms with Crippen molar-refractivity contribution >= 4 is 17.8 Å². The van der Waals surface area contributed by atoms with E-state index in [0.29, 0.717) is 18.9 Å². The Balaban J connectivity index is 1.49. The number of hydrazine groups is 1. The first-order valence-electron chi connectivity index (χ1n) is 10.8. The fraction of sp³-hybridized carbons (Fsp3) is 0.591. The molecule has 1 saturated carbocycles. The lowest BCUT2D eigenvalue weighted by atomic mass is 9.93. The number of nitrogens with one attached hydrogen (secondary N) is 2. The van der Waals surface area contributed by atoms with Crippen LogP contribution in [-0.2, 0) is 16.0 Å². The van der Waals surface area contributed by atoms with Crippen LogP contribution in [0.4, 0.5) is 4.79 Å². The van der Waals surface area contributed by atoms with Crippen LogP contribution >= 0.6 is 0 Å². The molecule has 158 valence electrons. The fourth-order valence-corrected chi connectivity index (χ4v) is 4.16. The molecule has 29 heavy (non-hydrogen) atoms. The maximum absolute atomic E-state index is 12.8. The predicted octanol–water partition coefficient (Wildman–Crippen LogP) is 1.64. The highest BCUT2D eigenvalue weighted by atomic mass is 16.2. The van der Waals surface area contributed by atoms with Crippen LogP contribution < -0.4 is 16.1 Å². The minimum absolute atomic E-state index is 0.225. The van der Waals surface area contributed by atoms with Crippen molar-refractivity contribution < 1.29 is 19.7 Å². The Hall–Kier alpha value is -2.41. The van der Waals surface area contributed by atoms with E-state index in [9.17, 15) is 14.4 Å². The van der Waals surface area contributed by atoms with Gasteiger partial charge < -0.3 is 10.6 Å². The van der Waals surface area contributed by atoms with Crippen molar-refractivity contribution in [3.8, 4) is 0 Å². The van der Waals surface area contributed by atoms with Crippen molar-refractivity contribution in [1.29, 1.82) is 0 Å². The zero-order valence-corrected chi connectivity index (χ0v) is 17.3. The first-order valence-corrected chi connectivity index (χ1v) is 10.8.